The Hall–Kier alpha value is -2.07. The smallest absolute Gasteiger partial charge is 0.305 e. The minimum absolute atomic E-state index is 0.0170. The minimum atomic E-state index is -3.95. The van der Waals surface area contributed by atoms with Gasteiger partial charge in [-0.05, 0) is 25.1 Å². The molecule has 2 heterocycles. The van der Waals surface area contributed by atoms with E-state index in [9.17, 15) is 22.8 Å². The van der Waals surface area contributed by atoms with E-state index >= 15 is 0 Å². The van der Waals surface area contributed by atoms with Crippen molar-refractivity contribution in [2.75, 3.05) is 24.6 Å². The van der Waals surface area contributed by atoms with Gasteiger partial charge in [-0.15, -0.1) is 0 Å². The van der Waals surface area contributed by atoms with Gasteiger partial charge in [-0.2, -0.15) is 11.8 Å². The van der Waals surface area contributed by atoms with E-state index in [2.05, 4.69) is 0 Å². The van der Waals surface area contributed by atoms with Crippen LogP contribution < -0.4 is 0 Å². The lowest BCUT2D eigenvalue weighted by Crippen LogP contribution is -2.47. The molecular formula is C16H18N2O6S2. The van der Waals surface area contributed by atoms with E-state index < -0.39 is 33.8 Å². The molecule has 1 unspecified atom stereocenters. The second-order valence-corrected chi connectivity index (χ2v) is 8.99. The van der Waals surface area contributed by atoms with Gasteiger partial charge in [-0.1, -0.05) is 0 Å². The average molecular weight is 398 g/mol. The molecule has 140 valence electrons. The third-order valence-electron chi connectivity index (χ3n) is 4.44. The van der Waals surface area contributed by atoms with Crippen molar-refractivity contribution in [1.82, 2.24) is 9.21 Å². The van der Waals surface area contributed by atoms with Crippen molar-refractivity contribution >= 4 is 39.6 Å². The quantitative estimate of drug-likeness (QED) is 0.801. The summed E-state index contributed by atoms with van der Waals surface area (Å²) >= 11 is 1.58. The minimum Gasteiger partial charge on any atom is -0.481 e. The van der Waals surface area contributed by atoms with E-state index in [0.29, 0.717) is 18.1 Å². The van der Waals surface area contributed by atoms with Gasteiger partial charge in [0.25, 0.3) is 21.8 Å². The normalized spacial score (nSPS) is 21.6. The fraction of sp³-hybridized carbons (Fsp3) is 0.438. The van der Waals surface area contributed by atoms with E-state index in [1.807, 2.05) is 0 Å². The Bertz CT molecular complexity index is 883. The third-order valence-corrected chi connectivity index (χ3v) is 7.43. The molecule has 1 N–H and O–H groups in total. The maximum atomic E-state index is 12.9. The number of fused-ring (bicyclic) bond motifs is 1. The highest BCUT2D eigenvalue weighted by atomic mass is 32.2. The van der Waals surface area contributed by atoms with Gasteiger partial charge >= 0.3 is 5.97 Å². The van der Waals surface area contributed by atoms with Crippen LogP contribution in [0.15, 0.2) is 23.1 Å². The molecule has 1 atom stereocenters. The van der Waals surface area contributed by atoms with E-state index in [0.717, 1.165) is 4.31 Å². The number of hydrogen-bond acceptors (Lipinski definition) is 6. The van der Waals surface area contributed by atoms with Gasteiger partial charge in [0.2, 0.25) is 0 Å². The van der Waals surface area contributed by atoms with E-state index in [-0.39, 0.29) is 29.0 Å². The predicted molar refractivity (Wildman–Crippen MR) is 94.7 cm³/mol. The molecule has 0 bridgehead atoms. The number of aliphatic carboxylic acids is 1. The second-order valence-electron chi connectivity index (χ2n) is 6.01. The molecule has 0 radical (unpaired) electrons. The van der Waals surface area contributed by atoms with Gasteiger partial charge in [0.1, 0.15) is 4.90 Å². The van der Waals surface area contributed by atoms with Crippen LogP contribution in [0.25, 0.3) is 0 Å². The van der Waals surface area contributed by atoms with Gasteiger partial charge in [-0.3, -0.25) is 14.4 Å². The maximum absolute atomic E-state index is 12.9. The first-order valence-corrected chi connectivity index (χ1v) is 10.7. The van der Waals surface area contributed by atoms with Crippen molar-refractivity contribution < 1.29 is 27.9 Å². The molecule has 0 aromatic heterocycles. The van der Waals surface area contributed by atoms with Gasteiger partial charge in [0.15, 0.2) is 0 Å². The first-order chi connectivity index (χ1) is 12.3. The van der Waals surface area contributed by atoms with Crippen molar-refractivity contribution in [3.05, 3.63) is 29.3 Å². The Kier molecular flexibility index (Phi) is 4.98. The van der Waals surface area contributed by atoms with E-state index in [1.165, 1.54) is 23.1 Å². The van der Waals surface area contributed by atoms with Crippen LogP contribution in [0, 0.1) is 0 Å². The van der Waals surface area contributed by atoms with E-state index in [1.54, 1.807) is 18.7 Å². The number of benzene rings is 1. The molecule has 26 heavy (non-hydrogen) atoms. The van der Waals surface area contributed by atoms with Crippen molar-refractivity contribution in [3.63, 3.8) is 0 Å². The molecule has 1 fully saturated rings. The van der Waals surface area contributed by atoms with Gasteiger partial charge in [0.05, 0.1) is 18.0 Å². The summed E-state index contributed by atoms with van der Waals surface area (Å²) in [6, 6.07) is 3.55. The zero-order valence-electron chi connectivity index (χ0n) is 14.0. The topological polar surface area (TPSA) is 112 Å². The number of thioether (sulfide) groups is 1. The number of carboxylic acids is 1. The molecule has 0 spiro atoms. The summed E-state index contributed by atoms with van der Waals surface area (Å²) in [4.78, 5) is 37.4. The van der Waals surface area contributed by atoms with Crippen LogP contribution in [0.4, 0.5) is 0 Å². The highest BCUT2D eigenvalue weighted by Gasteiger charge is 2.41. The van der Waals surface area contributed by atoms with Gasteiger partial charge < -0.3 is 10.0 Å². The van der Waals surface area contributed by atoms with Gasteiger partial charge in [0, 0.05) is 30.2 Å². The standard InChI is InChI=1S/C16H18N2O6S2/c1-2-18-16(22)12-4-3-10(7-13(12)26(18,23)24)15(21)17-5-6-25-9-11(17)8-14(19)20/h3-4,7,11H,2,5-6,8-9H2,1H3,(H,19,20). The Morgan fingerprint density at radius 3 is 2.73 bits per heavy atom. The summed E-state index contributed by atoms with van der Waals surface area (Å²) in [5.74, 6) is -0.802. The fourth-order valence-corrected chi connectivity index (χ4v) is 5.85. The summed E-state index contributed by atoms with van der Waals surface area (Å²) < 4.78 is 25.7. The number of sulfonamides is 1. The maximum Gasteiger partial charge on any atom is 0.305 e. The molecule has 0 saturated carbocycles. The zero-order chi connectivity index (χ0) is 19.1. The molecule has 2 aliphatic rings. The first kappa shape index (κ1) is 18.7. The van der Waals surface area contributed by atoms with Crippen LogP contribution in [0.2, 0.25) is 0 Å². The molecule has 2 amide bonds. The number of rotatable bonds is 4. The van der Waals surface area contributed by atoms with Crippen LogP contribution in [-0.4, -0.2) is 71.2 Å². The molecule has 1 aromatic carbocycles. The number of hydrogen-bond donors (Lipinski definition) is 1. The fourth-order valence-electron chi connectivity index (χ4n) is 3.18. The first-order valence-electron chi connectivity index (χ1n) is 8.09. The highest BCUT2D eigenvalue weighted by molar-refractivity contribution is 7.99. The third kappa shape index (κ3) is 3.07. The summed E-state index contributed by atoms with van der Waals surface area (Å²) in [6.45, 7) is 1.98. The van der Waals surface area contributed by atoms with Crippen molar-refractivity contribution in [1.29, 1.82) is 0 Å². The SMILES string of the molecule is CCN1C(=O)c2ccc(C(=O)N3CCSCC3CC(=O)O)cc2S1(=O)=O. The highest BCUT2D eigenvalue weighted by Crippen LogP contribution is 2.31. The largest absolute Gasteiger partial charge is 0.481 e. The number of carboxylic acid groups (broad SMARTS) is 1. The van der Waals surface area contributed by atoms with Crippen LogP contribution in [-0.2, 0) is 14.8 Å². The molecule has 10 heteroatoms. The summed E-state index contributed by atoms with van der Waals surface area (Å²) in [7, 11) is -3.95. The molecule has 2 aliphatic heterocycles. The summed E-state index contributed by atoms with van der Waals surface area (Å²) in [5.41, 5.74) is 0.194. The Balaban J connectivity index is 1.95. The number of amides is 2. The van der Waals surface area contributed by atoms with Crippen LogP contribution >= 0.6 is 11.8 Å². The van der Waals surface area contributed by atoms with Crippen molar-refractivity contribution in [2.45, 2.75) is 24.3 Å². The number of carbonyl (C=O) groups excluding carboxylic acids is 2. The van der Waals surface area contributed by atoms with Crippen LogP contribution in [0.1, 0.15) is 34.1 Å². The number of carbonyl (C=O) groups is 3. The zero-order valence-corrected chi connectivity index (χ0v) is 15.7. The summed E-state index contributed by atoms with van der Waals surface area (Å²) in [6.07, 6.45) is -0.163. The molecular weight excluding hydrogens is 380 g/mol. The van der Waals surface area contributed by atoms with Crippen molar-refractivity contribution in [2.24, 2.45) is 0 Å². The number of nitrogens with zero attached hydrogens (tertiary/aromatic N) is 2. The lowest BCUT2D eigenvalue weighted by molar-refractivity contribution is -0.138. The lowest BCUT2D eigenvalue weighted by atomic mass is 10.1. The average Bonchev–Trinajstić information content (AvgIpc) is 2.79. The van der Waals surface area contributed by atoms with Crippen LogP contribution in [0.3, 0.4) is 0 Å². The molecule has 1 saturated heterocycles. The molecule has 3 rings (SSSR count). The lowest BCUT2D eigenvalue weighted by Gasteiger charge is -2.34. The Morgan fingerprint density at radius 2 is 2.08 bits per heavy atom. The monoisotopic (exact) mass is 398 g/mol. The molecule has 1 aromatic rings. The molecule has 0 aliphatic carbocycles. The second kappa shape index (κ2) is 6.92. The van der Waals surface area contributed by atoms with Crippen LogP contribution in [0.5, 0.6) is 0 Å². The van der Waals surface area contributed by atoms with Gasteiger partial charge in [-0.25, -0.2) is 12.7 Å². The Morgan fingerprint density at radius 1 is 1.35 bits per heavy atom. The molecule has 8 nitrogen and oxygen atoms in total. The Labute approximate surface area is 155 Å². The van der Waals surface area contributed by atoms with Crippen molar-refractivity contribution in [3.8, 4) is 0 Å². The summed E-state index contributed by atoms with van der Waals surface area (Å²) in [5, 5.41) is 9.05. The van der Waals surface area contributed by atoms with E-state index in [4.69, 9.17) is 5.11 Å². The predicted octanol–water partition coefficient (Wildman–Crippen LogP) is 0.883.